The molecule has 3 rings (SSSR count). The Balaban J connectivity index is 2.38. The van der Waals surface area contributed by atoms with Crippen molar-refractivity contribution in [2.24, 2.45) is 0 Å². The lowest BCUT2D eigenvalue weighted by molar-refractivity contribution is -0.0377. The molecule has 0 atom stereocenters. The molecular weight excluding hydrogens is 332 g/mol. The highest BCUT2D eigenvalue weighted by Gasteiger charge is 2.34. The van der Waals surface area contributed by atoms with Crippen LogP contribution in [-0.2, 0) is 10.0 Å². The lowest BCUT2D eigenvalue weighted by Gasteiger charge is -2.24. The minimum atomic E-state index is -3.76. The first-order valence-electron chi connectivity index (χ1n) is 7.48. The summed E-state index contributed by atoms with van der Waals surface area (Å²) in [5.41, 5.74) is 0.197. The summed E-state index contributed by atoms with van der Waals surface area (Å²) in [5, 5.41) is 10.3. The second-order valence-electron chi connectivity index (χ2n) is 5.35. The van der Waals surface area contributed by atoms with Crippen molar-refractivity contribution in [1.82, 2.24) is 9.37 Å². The van der Waals surface area contributed by atoms with E-state index in [9.17, 15) is 23.2 Å². The van der Waals surface area contributed by atoms with E-state index in [1.165, 1.54) is 28.6 Å². The number of amides is 2. The molecule has 1 heterocycles. The van der Waals surface area contributed by atoms with Crippen LogP contribution in [0.3, 0.4) is 0 Å². The Bertz CT molecular complexity index is 942. The second kappa shape index (κ2) is 5.66. The highest BCUT2D eigenvalue weighted by molar-refractivity contribution is 7.89. The largest absolute Gasteiger partial charge is 0.285 e. The lowest BCUT2D eigenvalue weighted by atomic mass is 9.95. The van der Waals surface area contributed by atoms with Gasteiger partial charge in [0.05, 0.1) is 16.0 Å². The SMILES string of the molecule is CCN(CC)S(=O)(=O)c1ccc2c3c(cccc13)C(=O)N(O)C2=O. The molecule has 0 unspecified atom stereocenters. The summed E-state index contributed by atoms with van der Waals surface area (Å²) in [6, 6.07) is 7.23. The first-order chi connectivity index (χ1) is 11.3. The summed E-state index contributed by atoms with van der Waals surface area (Å²) in [7, 11) is -3.76. The maximum absolute atomic E-state index is 12.9. The molecule has 0 radical (unpaired) electrons. The van der Waals surface area contributed by atoms with E-state index >= 15 is 0 Å². The standard InChI is InChI=1S/C16H16N2O5S/c1-3-17(4-2)24(22,23)13-9-8-12-14-10(13)6-5-7-11(14)15(19)18(21)16(12)20/h5-9,21H,3-4H2,1-2H3. The molecule has 0 spiro atoms. The van der Waals surface area contributed by atoms with Crippen LogP contribution in [0.25, 0.3) is 10.8 Å². The van der Waals surface area contributed by atoms with Crippen molar-refractivity contribution in [1.29, 1.82) is 0 Å². The summed E-state index contributed by atoms with van der Waals surface area (Å²) in [4.78, 5) is 24.3. The van der Waals surface area contributed by atoms with Gasteiger partial charge in [-0.3, -0.25) is 14.8 Å². The summed E-state index contributed by atoms with van der Waals surface area (Å²) < 4.78 is 27.0. The van der Waals surface area contributed by atoms with E-state index in [1.54, 1.807) is 19.9 Å². The maximum atomic E-state index is 12.9. The third-order valence-electron chi connectivity index (χ3n) is 4.17. The number of hydrogen-bond acceptors (Lipinski definition) is 5. The summed E-state index contributed by atoms with van der Waals surface area (Å²) >= 11 is 0. The van der Waals surface area contributed by atoms with Gasteiger partial charge < -0.3 is 0 Å². The Morgan fingerprint density at radius 3 is 2.17 bits per heavy atom. The Morgan fingerprint density at radius 2 is 1.58 bits per heavy atom. The van der Waals surface area contributed by atoms with Gasteiger partial charge in [0.25, 0.3) is 11.8 Å². The fourth-order valence-electron chi connectivity index (χ4n) is 2.98. The van der Waals surface area contributed by atoms with Gasteiger partial charge in [-0.05, 0) is 18.2 Å². The van der Waals surface area contributed by atoms with Crippen LogP contribution in [0.1, 0.15) is 34.6 Å². The molecule has 7 nitrogen and oxygen atoms in total. The van der Waals surface area contributed by atoms with Crippen molar-refractivity contribution in [3.63, 3.8) is 0 Å². The van der Waals surface area contributed by atoms with Crippen LogP contribution in [0, 0.1) is 0 Å². The number of rotatable bonds is 4. The first kappa shape index (κ1) is 16.6. The number of carbonyl (C=O) groups is 2. The monoisotopic (exact) mass is 348 g/mol. The van der Waals surface area contributed by atoms with Gasteiger partial charge in [-0.25, -0.2) is 8.42 Å². The molecule has 1 aliphatic rings. The van der Waals surface area contributed by atoms with Gasteiger partial charge in [0, 0.05) is 23.9 Å². The van der Waals surface area contributed by atoms with Crippen LogP contribution >= 0.6 is 0 Å². The predicted molar refractivity (Wildman–Crippen MR) is 86.3 cm³/mol. The smallest absolute Gasteiger partial charge is 0.278 e. The molecule has 2 amide bonds. The molecule has 24 heavy (non-hydrogen) atoms. The number of hydroxylamine groups is 2. The summed E-state index contributed by atoms with van der Waals surface area (Å²) in [6.45, 7) is 4.10. The van der Waals surface area contributed by atoms with Crippen molar-refractivity contribution in [3.8, 4) is 0 Å². The Kier molecular flexibility index (Phi) is 3.90. The van der Waals surface area contributed by atoms with E-state index in [4.69, 9.17) is 0 Å². The molecule has 0 aromatic heterocycles. The number of nitrogens with zero attached hydrogens (tertiary/aromatic N) is 2. The third-order valence-corrected chi connectivity index (χ3v) is 6.28. The molecule has 2 aromatic rings. The normalized spacial score (nSPS) is 14.8. The van der Waals surface area contributed by atoms with E-state index in [0.717, 1.165) is 0 Å². The average Bonchev–Trinajstić information content (AvgIpc) is 2.58. The zero-order valence-corrected chi connectivity index (χ0v) is 14.0. The molecule has 0 bridgehead atoms. The van der Waals surface area contributed by atoms with Gasteiger partial charge >= 0.3 is 0 Å². The summed E-state index contributed by atoms with van der Waals surface area (Å²) in [6.07, 6.45) is 0. The van der Waals surface area contributed by atoms with Crippen LogP contribution in [0.5, 0.6) is 0 Å². The minimum Gasteiger partial charge on any atom is -0.278 e. The Hall–Kier alpha value is -2.29. The van der Waals surface area contributed by atoms with Crippen molar-refractivity contribution >= 4 is 32.6 Å². The molecule has 1 aliphatic heterocycles. The molecule has 2 aromatic carbocycles. The van der Waals surface area contributed by atoms with Gasteiger partial charge in [0.1, 0.15) is 0 Å². The Morgan fingerprint density at radius 1 is 1.00 bits per heavy atom. The van der Waals surface area contributed by atoms with Gasteiger partial charge in [-0.1, -0.05) is 26.0 Å². The van der Waals surface area contributed by atoms with E-state index in [1.807, 2.05) is 0 Å². The zero-order chi connectivity index (χ0) is 17.6. The Labute approximate surface area is 139 Å². The third kappa shape index (κ3) is 2.15. The van der Waals surface area contributed by atoms with Crippen molar-refractivity contribution in [2.45, 2.75) is 18.7 Å². The number of benzene rings is 2. The molecule has 0 aliphatic carbocycles. The van der Waals surface area contributed by atoms with Gasteiger partial charge in [-0.15, -0.1) is 5.06 Å². The van der Waals surface area contributed by atoms with Crippen molar-refractivity contribution in [2.75, 3.05) is 13.1 Å². The minimum absolute atomic E-state index is 0.0405. The highest BCUT2D eigenvalue weighted by Crippen LogP contribution is 2.34. The van der Waals surface area contributed by atoms with Crippen LogP contribution < -0.4 is 0 Å². The molecule has 0 saturated heterocycles. The van der Waals surface area contributed by atoms with Gasteiger partial charge in [0.2, 0.25) is 10.0 Å². The lowest BCUT2D eigenvalue weighted by Crippen LogP contribution is -2.37. The second-order valence-corrected chi connectivity index (χ2v) is 7.26. The fraction of sp³-hybridized carbons (Fsp3) is 0.250. The van der Waals surface area contributed by atoms with Gasteiger partial charge in [0.15, 0.2) is 0 Å². The molecule has 1 N–H and O–H groups in total. The van der Waals surface area contributed by atoms with E-state index < -0.39 is 21.8 Å². The van der Waals surface area contributed by atoms with E-state index in [2.05, 4.69) is 0 Å². The van der Waals surface area contributed by atoms with E-state index in [-0.39, 0.29) is 26.5 Å². The molecule has 126 valence electrons. The van der Waals surface area contributed by atoms with Crippen LogP contribution in [0.15, 0.2) is 35.2 Å². The predicted octanol–water partition coefficient (Wildman–Crippen LogP) is 1.86. The molecule has 0 saturated carbocycles. The average molecular weight is 348 g/mol. The van der Waals surface area contributed by atoms with E-state index in [0.29, 0.717) is 18.5 Å². The summed E-state index contributed by atoms with van der Waals surface area (Å²) in [5.74, 6) is -1.73. The molecular formula is C16H16N2O5S. The topological polar surface area (TPSA) is 95.0 Å². The van der Waals surface area contributed by atoms with Crippen molar-refractivity contribution < 1.29 is 23.2 Å². The van der Waals surface area contributed by atoms with Crippen LogP contribution in [0.4, 0.5) is 0 Å². The fourth-order valence-corrected chi connectivity index (χ4v) is 4.63. The zero-order valence-electron chi connectivity index (χ0n) is 13.2. The first-order valence-corrected chi connectivity index (χ1v) is 8.92. The molecule has 0 fully saturated rings. The number of sulfonamides is 1. The van der Waals surface area contributed by atoms with Crippen molar-refractivity contribution in [3.05, 3.63) is 41.5 Å². The van der Waals surface area contributed by atoms with Crippen LogP contribution in [-0.4, -0.2) is 47.9 Å². The quantitative estimate of drug-likeness (QED) is 0.672. The number of hydrogen-bond donors (Lipinski definition) is 1. The highest BCUT2D eigenvalue weighted by atomic mass is 32.2. The molecule has 8 heteroatoms. The number of carbonyl (C=O) groups excluding carboxylic acids is 2. The van der Waals surface area contributed by atoms with Crippen LogP contribution in [0.2, 0.25) is 0 Å². The van der Waals surface area contributed by atoms with Gasteiger partial charge in [-0.2, -0.15) is 4.31 Å². The number of imide groups is 1. The maximum Gasteiger partial charge on any atom is 0.285 e.